The van der Waals surface area contributed by atoms with Gasteiger partial charge in [0.2, 0.25) is 5.88 Å². The van der Waals surface area contributed by atoms with Gasteiger partial charge in [0, 0.05) is 37.1 Å². The SMILES string of the molecule is COc1ncc(C(=O)N[C@@H](C)C2CC2)c(N2CC[C@](C)(N)C2)c1-c1ccnc(C(F)(F)F)c1. The van der Waals surface area contributed by atoms with Crippen LogP contribution in [0.1, 0.15) is 49.2 Å². The first-order valence-corrected chi connectivity index (χ1v) is 11.0. The maximum absolute atomic E-state index is 13.4. The van der Waals surface area contributed by atoms with Gasteiger partial charge in [0.15, 0.2) is 0 Å². The lowest BCUT2D eigenvalue weighted by molar-refractivity contribution is -0.141. The molecule has 0 bridgehead atoms. The van der Waals surface area contributed by atoms with Gasteiger partial charge >= 0.3 is 6.18 Å². The molecule has 2 aliphatic rings. The van der Waals surface area contributed by atoms with E-state index in [1.807, 2.05) is 18.7 Å². The fourth-order valence-electron chi connectivity index (χ4n) is 4.31. The third-order valence-corrected chi connectivity index (χ3v) is 6.30. The van der Waals surface area contributed by atoms with Gasteiger partial charge in [0.05, 0.1) is 23.9 Å². The molecular formula is C23H28F3N5O2. The van der Waals surface area contributed by atoms with Gasteiger partial charge in [-0.25, -0.2) is 4.98 Å². The van der Waals surface area contributed by atoms with E-state index < -0.39 is 17.4 Å². The number of carbonyl (C=O) groups excluding carboxylic acids is 1. The zero-order valence-corrected chi connectivity index (χ0v) is 18.9. The number of alkyl halides is 3. The summed E-state index contributed by atoms with van der Waals surface area (Å²) >= 11 is 0. The van der Waals surface area contributed by atoms with Crippen LogP contribution in [0.15, 0.2) is 24.5 Å². The minimum Gasteiger partial charge on any atom is -0.480 e. The van der Waals surface area contributed by atoms with Crippen molar-refractivity contribution in [1.29, 1.82) is 0 Å². The summed E-state index contributed by atoms with van der Waals surface area (Å²) in [4.78, 5) is 23.0. The minimum absolute atomic E-state index is 0.00740. The molecule has 2 atom stereocenters. The molecule has 1 saturated heterocycles. The molecule has 7 nitrogen and oxygen atoms in total. The second-order valence-electron chi connectivity index (χ2n) is 9.26. The minimum atomic E-state index is -4.62. The Balaban J connectivity index is 1.87. The van der Waals surface area contributed by atoms with E-state index >= 15 is 0 Å². The smallest absolute Gasteiger partial charge is 0.433 e. The Hall–Kier alpha value is -2.88. The van der Waals surface area contributed by atoms with Gasteiger partial charge in [-0.15, -0.1) is 0 Å². The van der Waals surface area contributed by atoms with Crippen molar-refractivity contribution >= 4 is 11.6 Å². The van der Waals surface area contributed by atoms with E-state index in [1.54, 1.807) is 0 Å². The zero-order valence-electron chi connectivity index (χ0n) is 18.9. The summed E-state index contributed by atoms with van der Waals surface area (Å²) in [6.07, 6.45) is 0.700. The van der Waals surface area contributed by atoms with Crippen molar-refractivity contribution in [3.63, 3.8) is 0 Å². The number of hydrogen-bond acceptors (Lipinski definition) is 6. The van der Waals surface area contributed by atoms with Crippen molar-refractivity contribution in [3.05, 3.63) is 35.8 Å². The molecule has 178 valence electrons. The number of amides is 1. The highest BCUT2D eigenvalue weighted by atomic mass is 19.4. The van der Waals surface area contributed by atoms with Crippen molar-refractivity contribution in [2.45, 2.75) is 50.9 Å². The number of ether oxygens (including phenoxy) is 1. The summed E-state index contributed by atoms with van der Waals surface area (Å²) in [6.45, 7) is 4.85. The quantitative estimate of drug-likeness (QED) is 0.680. The van der Waals surface area contributed by atoms with Gasteiger partial charge in [0.1, 0.15) is 5.69 Å². The van der Waals surface area contributed by atoms with E-state index in [0.717, 1.165) is 25.1 Å². The Morgan fingerprint density at radius 3 is 2.67 bits per heavy atom. The summed E-state index contributed by atoms with van der Waals surface area (Å²) in [6, 6.07) is 2.41. The van der Waals surface area contributed by atoms with Crippen LogP contribution < -0.4 is 20.7 Å². The Labute approximate surface area is 190 Å². The average molecular weight is 464 g/mol. The molecule has 0 unspecified atom stereocenters. The summed E-state index contributed by atoms with van der Waals surface area (Å²) in [5.41, 5.74) is 6.10. The second-order valence-corrected chi connectivity index (χ2v) is 9.26. The molecule has 10 heteroatoms. The van der Waals surface area contributed by atoms with Gasteiger partial charge in [-0.1, -0.05) is 0 Å². The summed E-state index contributed by atoms with van der Waals surface area (Å²) in [7, 11) is 1.40. The molecule has 0 radical (unpaired) electrons. The summed E-state index contributed by atoms with van der Waals surface area (Å²) < 4.78 is 45.6. The number of methoxy groups -OCH3 is 1. The molecule has 1 aliphatic carbocycles. The van der Waals surface area contributed by atoms with Crippen LogP contribution in [0, 0.1) is 5.92 Å². The predicted octanol–water partition coefficient (Wildman–Crippen LogP) is 3.63. The molecule has 0 aromatic carbocycles. The van der Waals surface area contributed by atoms with Crippen LogP contribution in [0.4, 0.5) is 18.9 Å². The number of pyridine rings is 2. The van der Waals surface area contributed by atoms with Crippen LogP contribution in [-0.2, 0) is 6.18 Å². The second kappa shape index (κ2) is 8.48. The molecule has 1 aliphatic heterocycles. The number of halogens is 3. The number of aromatic nitrogens is 2. The molecule has 1 amide bonds. The average Bonchev–Trinajstić information content (AvgIpc) is 3.55. The van der Waals surface area contributed by atoms with Gasteiger partial charge in [-0.2, -0.15) is 13.2 Å². The highest BCUT2D eigenvalue weighted by Crippen LogP contribution is 2.43. The Kier molecular flexibility index (Phi) is 5.98. The lowest BCUT2D eigenvalue weighted by Gasteiger charge is -2.28. The molecule has 33 heavy (non-hydrogen) atoms. The van der Waals surface area contributed by atoms with Crippen LogP contribution >= 0.6 is 0 Å². The topological polar surface area (TPSA) is 93.4 Å². The van der Waals surface area contributed by atoms with Crippen LogP contribution in [0.25, 0.3) is 11.1 Å². The van der Waals surface area contributed by atoms with Crippen LogP contribution in [-0.4, -0.2) is 47.7 Å². The lowest BCUT2D eigenvalue weighted by Crippen LogP contribution is -2.40. The van der Waals surface area contributed by atoms with Crippen LogP contribution in [0.5, 0.6) is 5.88 Å². The lowest BCUT2D eigenvalue weighted by atomic mass is 10.00. The summed E-state index contributed by atoms with van der Waals surface area (Å²) in [5.74, 6) is 0.245. The molecule has 4 rings (SSSR count). The predicted molar refractivity (Wildman–Crippen MR) is 118 cm³/mol. The van der Waals surface area contributed by atoms with E-state index in [0.29, 0.717) is 36.7 Å². The number of nitrogens with two attached hydrogens (primary N) is 1. The van der Waals surface area contributed by atoms with E-state index in [2.05, 4.69) is 15.3 Å². The maximum Gasteiger partial charge on any atom is 0.433 e. The van der Waals surface area contributed by atoms with Crippen LogP contribution in [0.2, 0.25) is 0 Å². The van der Waals surface area contributed by atoms with Gasteiger partial charge in [-0.05, 0) is 56.7 Å². The van der Waals surface area contributed by atoms with Crippen LogP contribution in [0.3, 0.4) is 0 Å². The highest BCUT2D eigenvalue weighted by molar-refractivity contribution is 6.04. The van der Waals surface area contributed by atoms with Crippen molar-refractivity contribution < 1.29 is 22.7 Å². The first-order valence-electron chi connectivity index (χ1n) is 11.0. The van der Waals surface area contributed by atoms with Crippen molar-refractivity contribution in [3.8, 4) is 17.0 Å². The van der Waals surface area contributed by atoms with Gasteiger partial charge in [0.25, 0.3) is 5.91 Å². The summed E-state index contributed by atoms with van der Waals surface area (Å²) in [5, 5.41) is 3.02. The number of nitrogens with zero attached hydrogens (tertiary/aromatic N) is 3. The highest BCUT2D eigenvalue weighted by Gasteiger charge is 2.37. The number of carbonyl (C=O) groups is 1. The fourth-order valence-corrected chi connectivity index (χ4v) is 4.31. The zero-order chi connectivity index (χ0) is 24.0. The van der Waals surface area contributed by atoms with Crippen molar-refractivity contribution in [2.24, 2.45) is 11.7 Å². The Morgan fingerprint density at radius 2 is 2.09 bits per heavy atom. The largest absolute Gasteiger partial charge is 0.480 e. The molecule has 1 saturated carbocycles. The first-order chi connectivity index (χ1) is 15.5. The van der Waals surface area contributed by atoms with E-state index in [1.165, 1.54) is 19.4 Å². The monoisotopic (exact) mass is 463 g/mol. The molecule has 2 aromatic heterocycles. The molecule has 0 spiro atoms. The van der Waals surface area contributed by atoms with Gasteiger partial charge in [-0.3, -0.25) is 9.78 Å². The van der Waals surface area contributed by atoms with Gasteiger partial charge < -0.3 is 20.7 Å². The Morgan fingerprint density at radius 1 is 1.36 bits per heavy atom. The molecule has 3 N–H and O–H groups in total. The third-order valence-electron chi connectivity index (χ3n) is 6.30. The number of hydrogen-bond donors (Lipinski definition) is 2. The van der Waals surface area contributed by atoms with Crippen molar-refractivity contribution in [2.75, 3.05) is 25.1 Å². The number of rotatable bonds is 6. The third kappa shape index (κ3) is 4.90. The molecule has 2 aromatic rings. The van der Waals surface area contributed by atoms with Crippen molar-refractivity contribution in [1.82, 2.24) is 15.3 Å². The fraction of sp³-hybridized carbons (Fsp3) is 0.522. The Bertz CT molecular complexity index is 1050. The normalized spacial score (nSPS) is 21.7. The van der Waals surface area contributed by atoms with E-state index in [4.69, 9.17) is 10.5 Å². The molecule has 2 fully saturated rings. The molecule has 3 heterocycles. The van der Waals surface area contributed by atoms with E-state index in [-0.39, 0.29) is 29.0 Å². The number of nitrogens with one attached hydrogen (secondary N) is 1. The number of anilines is 1. The molecular weight excluding hydrogens is 435 g/mol. The maximum atomic E-state index is 13.4. The standard InChI is InChI=1S/C23H28F3N5O2/c1-13(14-4-5-14)30-20(32)16-11-29-21(33-3)18(19(16)31-9-7-22(2,27)12-31)15-6-8-28-17(10-15)23(24,25)26/h6,8,10-11,13-14H,4-5,7,9,12,27H2,1-3H3,(H,30,32)/t13-,22-/m0/s1. The first kappa shape index (κ1) is 23.3. The van der Waals surface area contributed by atoms with E-state index in [9.17, 15) is 18.0 Å².